The van der Waals surface area contributed by atoms with Crippen molar-refractivity contribution in [3.05, 3.63) is 60.2 Å². The summed E-state index contributed by atoms with van der Waals surface area (Å²) in [7, 11) is 0. The molecule has 0 radical (unpaired) electrons. The standard InChI is InChI=1S/C18H20N2O2S.ClH/c21-18(16-13-19-10-11-22-16)20-12-14-6-4-5-9-17(14)23-15-7-2-1-3-8-15;/h1-9,16,19H,10-13H2,(H,20,21);1H. The fourth-order valence-electron chi connectivity index (χ4n) is 2.39. The van der Waals surface area contributed by atoms with Crippen molar-refractivity contribution < 1.29 is 9.53 Å². The second-order valence-electron chi connectivity index (χ2n) is 5.30. The average Bonchev–Trinajstić information content (AvgIpc) is 2.62. The van der Waals surface area contributed by atoms with Crippen LogP contribution in [-0.2, 0) is 16.1 Å². The number of carbonyl (C=O) groups excluding carboxylic acids is 1. The molecule has 128 valence electrons. The molecule has 2 aromatic carbocycles. The van der Waals surface area contributed by atoms with Crippen molar-refractivity contribution in [3.63, 3.8) is 0 Å². The van der Waals surface area contributed by atoms with Crippen molar-refractivity contribution >= 4 is 30.1 Å². The van der Waals surface area contributed by atoms with Crippen LogP contribution in [0.1, 0.15) is 5.56 Å². The number of hydrogen-bond donors (Lipinski definition) is 2. The summed E-state index contributed by atoms with van der Waals surface area (Å²) >= 11 is 1.71. The number of ether oxygens (including phenoxy) is 1. The van der Waals surface area contributed by atoms with E-state index in [9.17, 15) is 4.79 Å². The van der Waals surface area contributed by atoms with Gasteiger partial charge < -0.3 is 15.4 Å². The van der Waals surface area contributed by atoms with Crippen LogP contribution in [0.2, 0.25) is 0 Å². The van der Waals surface area contributed by atoms with Gasteiger partial charge in [0, 0.05) is 29.4 Å². The van der Waals surface area contributed by atoms with Crippen LogP contribution >= 0.6 is 24.2 Å². The molecule has 2 N–H and O–H groups in total. The molecule has 0 bridgehead atoms. The van der Waals surface area contributed by atoms with E-state index >= 15 is 0 Å². The SMILES string of the molecule is Cl.O=C(NCc1ccccc1Sc1ccccc1)C1CNCCO1. The molecule has 1 saturated heterocycles. The topological polar surface area (TPSA) is 50.4 Å². The van der Waals surface area contributed by atoms with Gasteiger partial charge in [-0.15, -0.1) is 12.4 Å². The van der Waals surface area contributed by atoms with E-state index in [1.165, 1.54) is 4.90 Å². The zero-order chi connectivity index (χ0) is 15.9. The molecule has 4 nitrogen and oxygen atoms in total. The average molecular weight is 365 g/mol. The third kappa shape index (κ3) is 5.24. The van der Waals surface area contributed by atoms with E-state index in [1.54, 1.807) is 11.8 Å². The highest BCUT2D eigenvalue weighted by atomic mass is 35.5. The Bertz CT molecular complexity index is 648. The summed E-state index contributed by atoms with van der Waals surface area (Å²) in [4.78, 5) is 14.5. The van der Waals surface area contributed by atoms with Gasteiger partial charge in [0.05, 0.1) is 6.61 Å². The second kappa shape index (κ2) is 9.69. The van der Waals surface area contributed by atoms with Crippen LogP contribution in [0.25, 0.3) is 0 Å². The number of nitrogens with one attached hydrogen (secondary N) is 2. The Labute approximate surface area is 152 Å². The zero-order valence-corrected chi connectivity index (χ0v) is 14.9. The summed E-state index contributed by atoms with van der Waals surface area (Å²) in [6, 6.07) is 18.4. The summed E-state index contributed by atoms with van der Waals surface area (Å²) in [6.07, 6.45) is -0.391. The lowest BCUT2D eigenvalue weighted by molar-refractivity contribution is -0.134. The number of hydrogen-bond acceptors (Lipinski definition) is 4. The second-order valence-corrected chi connectivity index (χ2v) is 6.42. The number of halogens is 1. The van der Waals surface area contributed by atoms with E-state index in [2.05, 4.69) is 28.8 Å². The van der Waals surface area contributed by atoms with E-state index in [0.717, 1.165) is 17.0 Å². The molecule has 3 rings (SSSR count). The van der Waals surface area contributed by atoms with Gasteiger partial charge in [0.2, 0.25) is 0 Å². The van der Waals surface area contributed by atoms with Gasteiger partial charge in [-0.2, -0.15) is 0 Å². The van der Waals surface area contributed by atoms with E-state index in [0.29, 0.717) is 19.7 Å². The number of amides is 1. The van der Waals surface area contributed by atoms with Crippen LogP contribution < -0.4 is 10.6 Å². The molecular weight excluding hydrogens is 344 g/mol. The quantitative estimate of drug-likeness (QED) is 0.856. The minimum Gasteiger partial charge on any atom is -0.366 e. The molecular formula is C18H21ClN2O2S. The smallest absolute Gasteiger partial charge is 0.250 e. The van der Waals surface area contributed by atoms with Crippen LogP contribution in [0.4, 0.5) is 0 Å². The summed E-state index contributed by atoms with van der Waals surface area (Å²) < 4.78 is 5.47. The molecule has 0 aliphatic carbocycles. The highest BCUT2D eigenvalue weighted by Crippen LogP contribution is 2.30. The monoisotopic (exact) mass is 364 g/mol. The molecule has 2 aromatic rings. The van der Waals surface area contributed by atoms with Crippen molar-refractivity contribution in [1.29, 1.82) is 0 Å². The number of rotatable bonds is 5. The first kappa shape index (κ1) is 18.8. The van der Waals surface area contributed by atoms with Crippen molar-refractivity contribution in [2.45, 2.75) is 22.4 Å². The van der Waals surface area contributed by atoms with E-state index in [4.69, 9.17) is 4.74 Å². The van der Waals surface area contributed by atoms with Gasteiger partial charge in [0.1, 0.15) is 6.10 Å². The first-order chi connectivity index (χ1) is 11.3. The summed E-state index contributed by atoms with van der Waals surface area (Å²) in [5, 5.41) is 6.15. The minimum absolute atomic E-state index is 0. The fraction of sp³-hybridized carbons (Fsp3) is 0.278. The maximum absolute atomic E-state index is 12.2. The van der Waals surface area contributed by atoms with Crippen molar-refractivity contribution in [2.75, 3.05) is 19.7 Å². The molecule has 0 saturated carbocycles. The van der Waals surface area contributed by atoms with Crippen LogP contribution in [0, 0.1) is 0 Å². The zero-order valence-electron chi connectivity index (χ0n) is 13.2. The van der Waals surface area contributed by atoms with Crippen LogP contribution in [-0.4, -0.2) is 31.7 Å². The van der Waals surface area contributed by atoms with Crippen LogP contribution in [0.3, 0.4) is 0 Å². The summed E-state index contributed by atoms with van der Waals surface area (Å²) in [5.41, 5.74) is 1.11. The largest absolute Gasteiger partial charge is 0.366 e. The first-order valence-electron chi connectivity index (χ1n) is 7.74. The van der Waals surface area contributed by atoms with Crippen LogP contribution in [0.15, 0.2) is 64.4 Å². The number of morpholine rings is 1. The Balaban J connectivity index is 0.00000208. The van der Waals surface area contributed by atoms with Gasteiger partial charge in [-0.05, 0) is 23.8 Å². The van der Waals surface area contributed by atoms with Crippen molar-refractivity contribution in [2.24, 2.45) is 0 Å². The predicted octanol–water partition coefficient (Wildman–Crippen LogP) is 2.86. The maximum Gasteiger partial charge on any atom is 0.250 e. The fourth-order valence-corrected chi connectivity index (χ4v) is 3.36. The summed E-state index contributed by atoms with van der Waals surface area (Å²) in [5.74, 6) is -0.0586. The van der Waals surface area contributed by atoms with E-state index < -0.39 is 6.10 Å². The Hall–Kier alpha value is -1.53. The molecule has 24 heavy (non-hydrogen) atoms. The molecule has 1 amide bonds. The van der Waals surface area contributed by atoms with Gasteiger partial charge in [-0.1, -0.05) is 48.2 Å². The molecule has 1 unspecified atom stereocenters. The Morgan fingerprint density at radius 1 is 1.17 bits per heavy atom. The maximum atomic E-state index is 12.2. The molecule has 1 atom stereocenters. The van der Waals surface area contributed by atoms with Gasteiger partial charge in [-0.3, -0.25) is 4.79 Å². The van der Waals surface area contributed by atoms with Crippen molar-refractivity contribution in [3.8, 4) is 0 Å². The van der Waals surface area contributed by atoms with Gasteiger partial charge in [0.25, 0.3) is 5.91 Å². The molecule has 1 fully saturated rings. The molecule has 1 aliphatic rings. The van der Waals surface area contributed by atoms with Gasteiger partial charge in [0.15, 0.2) is 0 Å². The Morgan fingerprint density at radius 2 is 1.92 bits per heavy atom. The normalized spacial score (nSPS) is 16.9. The molecule has 6 heteroatoms. The predicted molar refractivity (Wildman–Crippen MR) is 98.7 cm³/mol. The Kier molecular flexibility index (Phi) is 7.59. The summed E-state index contributed by atoms with van der Waals surface area (Å²) in [6.45, 7) is 2.47. The van der Waals surface area contributed by atoms with Crippen molar-refractivity contribution in [1.82, 2.24) is 10.6 Å². The number of benzene rings is 2. The highest BCUT2D eigenvalue weighted by Gasteiger charge is 2.21. The molecule has 0 spiro atoms. The highest BCUT2D eigenvalue weighted by molar-refractivity contribution is 7.99. The molecule has 0 aromatic heterocycles. The molecule has 1 aliphatic heterocycles. The lowest BCUT2D eigenvalue weighted by Crippen LogP contribution is -2.47. The van der Waals surface area contributed by atoms with E-state index in [1.807, 2.05) is 36.4 Å². The lowest BCUT2D eigenvalue weighted by atomic mass is 10.2. The Morgan fingerprint density at radius 3 is 2.67 bits per heavy atom. The van der Waals surface area contributed by atoms with Gasteiger partial charge in [-0.25, -0.2) is 0 Å². The number of carbonyl (C=O) groups is 1. The third-order valence-corrected chi connectivity index (χ3v) is 4.74. The van der Waals surface area contributed by atoms with Crippen LogP contribution in [0.5, 0.6) is 0 Å². The molecule has 1 heterocycles. The minimum atomic E-state index is -0.391. The third-order valence-electron chi connectivity index (χ3n) is 3.62. The lowest BCUT2D eigenvalue weighted by Gasteiger charge is -2.23. The van der Waals surface area contributed by atoms with Gasteiger partial charge >= 0.3 is 0 Å². The first-order valence-corrected chi connectivity index (χ1v) is 8.55. The van der Waals surface area contributed by atoms with E-state index in [-0.39, 0.29) is 18.3 Å².